The molecule has 108 valence electrons. The van der Waals surface area contributed by atoms with Crippen molar-refractivity contribution in [3.63, 3.8) is 0 Å². The summed E-state index contributed by atoms with van der Waals surface area (Å²) in [7, 11) is 0. The van der Waals surface area contributed by atoms with Gasteiger partial charge in [-0.15, -0.1) is 0 Å². The molecule has 0 saturated heterocycles. The van der Waals surface area contributed by atoms with Crippen LogP contribution in [0.2, 0.25) is 0 Å². The summed E-state index contributed by atoms with van der Waals surface area (Å²) in [5, 5.41) is 21.8. The molecule has 0 aliphatic carbocycles. The fourth-order valence-electron chi connectivity index (χ4n) is 1.90. The third-order valence-electron chi connectivity index (χ3n) is 2.92. The normalized spacial score (nSPS) is 11.8. The van der Waals surface area contributed by atoms with Crippen molar-refractivity contribution in [2.24, 2.45) is 0 Å². The maximum atomic E-state index is 13.5. The van der Waals surface area contributed by atoms with E-state index >= 15 is 0 Å². The Kier molecular flexibility index (Phi) is 4.89. The summed E-state index contributed by atoms with van der Waals surface area (Å²) in [5.74, 6) is -1.61. The number of nitrogens with one attached hydrogen (secondary N) is 1. The number of benzene rings is 2. The summed E-state index contributed by atoms with van der Waals surface area (Å²) in [6.45, 7) is -0.122. The summed E-state index contributed by atoms with van der Waals surface area (Å²) in [5.41, 5.74) is 0.459. The Bertz CT molecular complexity index is 680. The van der Waals surface area contributed by atoms with Crippen LogP contribution in [0.3, 0.4) is 0 Å². The van der Waals surface area contributed by atoms with Gasteiger partial charge in [-0.1, -0.05) is 22.0 Å². The number of aliphatic hydroxyl groups excluding tert-OH is 1. The summed E-state index contributed by atoms with van der Waals surface area (Å²) in [4.78, 5) is 0. The molecule has 21 heavy (non-hydrogen) atoms. The maximum absolute atomic E-state index is 13.5. The number of halogens is 3. The van der Waals surface area contributed by atoms with E-state index in [4.69, 9.17) is 5.26 Å². The highest BCUT2D eigenvalue weighted by molar-refractivity contribution is 9.10. The third kappa shape index (κ3) is 3.57. The molecule has 2 aromatic rings. The third-order valence-corrected chi connectivity index (χ3v) is 3.41. The smallest absolute Gasteiger partial charge is 0.132 e. The summed E-state index contributed by atoms with van der Waals surface area (Å²) in [6, 6.07) is 10.4. The fraction of sp³-hybridized carbons (Fsp3) is 0.133. The molecule has 2 N–H and O–H groups in total. The topological polar surface area (TPSA) is 56.0 Å². The second-order valence-corrected chi connectivity index (χ2v) is 5.25. The van der Waals surface area contributed by atoms with Crippen molar-refractivity contribution >= 4 is 21.6 Å². The molecule has 0 heterocycles. The minimum atomic E-state index is -1.36. The van der Waals surface area contributed by atoms with Gasteiger partial charge in [-0.2, -0.15) is 5.26 Å². The van der Waals surface area contributed by atoms with Crippen molar-refractivity contribution in [2.45, 2.75) is 6.10 Å². The lowest BCUT2D eigenvalue weighted by atomic mass is 10.1. The molecule has 6 heteroatoms. The van der Waals surface area contributed by atoms with Crippen LogP contribution in [0.5, 0.6) is 0 Å². The highest BCUT2D eigenvalue weighted by Crippen LogP contribution is 2.24. The monoisotopic (exact) mass is 352 g/mol. The highest BCUT2D eigenvalue weighted by Gasteiger charge is 2.17. The van der Waals surface area contributed by atoms with Crippen molar-refractivity contribution in [1.29, 1.82) is 5.26 Å². The van der Waals surface area contributed by atoms with E-state index in [0.29, 0.717) is 11.3 Å². The van der Waals surface area contributed by atoms with E-state index in [0.717, 1.165) is 16.6 Å². The van der Waals surface area contributed by atoms with Gasteiger partial charge in [0.2, 0.25) is 0 Å². The zero-order valence-electron chi connectivity index (χ0n) is 10.8. The number of rotatable bonds is 4. The van der Waals surface area contributed by atoms with Crippen LogP contribution < -0.4 is 5.32 Å². The number of hydrogen-bond acceptors (Lipinski definition) is 3. The Hall–Kier alpha value is -1.97. The van der Waals surface area contributed by atoms with Crippen LogP contribution >= 0.6 is 15.9 Å². The second-order valence-electron chi connectivity index (χ2n) is 4.33. The molecule has 3 nitrogen and oxygen atoms in total. The van der Waals surface area contributed by atoms with E-state index in [9.17, 15) is 13.9 Å². The first kappa shape index (κ1) is 15.4. The second kappa shape index (κ2) is 6.66. The van der Waals surface area contributed by atoms with Gasteiger partial charge in [-0.05, 0) is 30.3 Å². The van der Waals surface area contributed by atoms with Crippen molar-refractivity contribution in [3.8, 4) is 6.07 Å². The molecule has 0 aromatic heterocycles. The van der Waals surface area contributed by atoms with Gasteiger partial charge in [-0.3, -0.25) is 0 Å². The van der Waals surface area contributed by atoms with Crippen LogP contribution in [0.4, 0.5) is 14.5 Å². The van der Waals surface area contributed by atoms with Crippen molar-refractivity contribution in [2.75, 3.05) is 11.9 Å². The first-order valence-electron chi connectivity index (χ1n) is 6.08. The Labute approximate surface area is 129 Å². The number of anilines is 1. The Morgan fingerprint density at radius 3 is 2.52 bits per heavy atom. The van der Waals surface area contributed by atoms with Crippen LogP contribution in [0, 0.1) is 23.0 Å². The minimum absolute atomic E-state index is 0.122. The lowest BCUT2D eigenvalue weighted by molar-refractivity contribution is 0.181. The summed E-state index contributed by atoms with van der Waals surface area (Å²) >= 11 is 3.27. The molecule has 1 unspecified atom stereocenters. The lowest BCUT2D eigenvalue weighted by Crippen LogP contribution is -2.15. The molecule has 0 radical (unpaired) electrons. The summed E-state index contributed by atoms with van der Waals surface area (Å²) in [6.07, 6.45) is -1.36. The van der Waals surface area contributed by atoms with Gasteiger partial charge in [0, 0.05) is 11.0 Å². The number of nitrogens with zero attached hydrogens (tertiary/aromatic N) is 1. The Balaban J connectivity index is 2.17. The van der Waals surface area contributed by atoms with Crippen LogP contribution in [-0.4, -0.2) is 11.7 Å². The van der Waals surface area contributed by atoms with Crippen LogP contribution in [0.25, 0.3) is 0 Å². The highest BCUT2D eigenvalue weighted by atomic mass is 79.9. The van der Waals surface area contributed by atoms with Crippen LogP contribution in [0.15, 0.2) is 40.9 Å². The minimum Gasteiger partial charge on any atom is -0.386 e. The molecule has 0 spiro atoms. The predicted molar refractivity (Wildman–Crippen MR) is 78.7 cm³/mol. The molecule has 0 amide bonds. The van der Waals surface area contributed by atoms with Gasteiger partial charge in [-0.25, -0.2) is 8.78 Å². The van der Waals surface area contributed by atoms with Gasteiger partial charge < -0.3 is 10.4 Å². The number of hydrogen-bond donors (Lipinski definition) is 2. The van der Waals surface area contributed by atoms with Gasteiger partial charge in [0.05, 0.1) is 16.8 Å². The first-order valence-corrected chi connectivity index (χ1v) is 6.87. The molecular weight excluding hydrogens is 342 g/mol. The van der Waals surface area contributed by atoms with Gasteiger partial charge >= 0.3 is 0 Å². The average molecular weight is 353 g/mol. The van der Waals surface area contributed by atoms with E-state index in [-0.39, 0.29) is 6.54 Å². The standard InChI is InChI=1S/C15H11BrF2N2O/c16-10-5-4-9(7-19)13(6-10)20-8-14(21)15-11(17)2-1-3-12(15)18/h1-6,14,20-21H,8H2. The van der Waals surface area contributed by atoms with Crippen LogP contribution in [0.1, 0.15) is 17.2 Å². The predicted octanol–water partition coefficient (Wildman–Crippen LogP) is 3.74. The molecular formula is C15H11BrF2N2O. The van der Waals surface area contributed by atoms with E-state index in [2.05, 4.69) is 21.2 Å². The molecule has 1 atom stereocenters. The SMILES string of the molecule is N#Cc1ccc(Br)cc1NCC(O)c1c(F)cccc1F. The molecule has 0 bridgehead atoms. The van der Waals surface area contributed by atoms with Gasteiger partial charge in [0.1, 0.15) is 23.8 Å². The average Bonchev–Trinajstić information content (AvgIpc) is 2.45. The number of nitriles is 1. The van der Waals surface area contributed by atoms with Crippen molar-refractivity contribution < 1.29 is 13.9 Å². The molecule has 0 fully saturated rings. The van der Waals surface area contributed by atoms with Gasteiger partial charge in [0.25, 0.3) is 0 Å². The van der Waals surface area contributed by atoms with E-state index in [1.54, 1.807) is 18.2 Å². The molecule has 0 aliphatic heterocycles. The quantitative estimate of drug-likeness (QED) is 0.880. The maximum Gasteiger partial charge on any atom is 0.132 e. The zero-order valence-corrected chi connectivity index (χ0v) is 12.4. The zero-order chi connectivity index (χ0) is 15.4. The Morgan fingerprint density at radius 2 is 1.90 bits per heavy atom. The largest absolute Gasteiger partial charge is 0.386 e. The lowest BCUT2D eigenvalue weighted by Gasteiger charge is -2.15. The van der Waals surface area contributed by atoms with Crippen LogP contribution in [-0.2, 0) is 0 Å². The summed E-state index contributed by atoms with van der Waals surface area (Å²) < 4.78 is 27.8. The Morgan fingerprint density at radius 1 is 1.24 bits per heavy atom. The molecule has 0 aliphatic rings. The van der Waals surface area contributed by atoms with Gasteiger partial charge in [0.15, 0.2) is 0 Å². The van der Waals surface area contributed by atoms with E-state index < -0.39 is 23.3 Å². The molecule has 2 aromatic carbocycles. The van der Waals surface area contributed by atoms with E-state index in [1.807, 2.05) is 6.07 Å². The fourth-order valence-corrected chi connectivity index (χ4v) is 2.26. The first-order chi connectivity index (χ1) is 10.0. The molecule has 2 rings (SSSR count). The van der Waals surface area contributed by atoms with Crippen molar-refractivity contribution in [1.82, 2.24) is 0 Å². The molecule has 0 saturated carbocycles. The van der Waals surface area contributed by atoms with E-state index in [1.165, 1.54) is 6.07 Å². The van der Waals surface area contributed by atoms with Crippen molar-refractivity contribution in [3.05, 3.63) is 63.6 Å². The number of aliphatic hydroxyl groups is 1.